The van der Waals surface area contributed by atoms with Crippen molar-refractivity contribution in [3.63, 3.8) is 0 Å². The largest absolute Gasteiger partial charge is 0.493 e. The standard InChI is InChI=1S/C27H23BrN4O3S/c1-15(2)26-31-32-24(29)20(25(33)30-27(32)36-26)11-16-12-21(28)23(22(13-16)34-3)35-14-18-9-6-8-17-7-4-5-10-19(17)18/h4-13,15,29H,14H2,1-3H3/b20-11-,29-24?. The van der Waals surface area contributed by atoms with Crippen LogP contribution in [0.5, 0.6) is 11.5 Å². The van der Waals surface area contributed by atoms with Crippen LogP contribution in [0.1, 0.15) is 25.0 Å². The van der Waals surface area contributed by atoms with Gasteiger partial charge in [-0.1, -0.05) is 56.3 Å². The molecule has 182 valence electrons. The van der Waals surface area contributed by atoms with Crippen molar-refractivity contribution in [3.05, 3.63) is 75.8 Å². The molecule has 2 aliphatic heterocycles. The number of thioether (sulfide) groups is 1. The third kappa shape index (κ3) is 4.56. The predicted molar refractivity (Wildman–Crippen MR) is 149 cm³/mol. The van der Waals surface area contributed by atoms with Crippen LogP contribution in [0.15, 0.2) is 74.7 Å². The number of methoxy groups -OCH3 is 1. The van der Waals surface area contributed by atoms with Crippen molar-refractivity contribution in [1.29, 1.82) is 5.41 Å². The van der Waals surface area contributed by atoms with Gasteiger partial charge in [-0.3, -0.25) is 10.2 Å². The lowest BCUT2D eigenvalue weighted by atomic mass is 10.1. The Balaban J connectivity index is 1.43. The molecule has 0 radical (unpaired) electrons. The number of aliphatic imine (C=N–C) groups is 1. The third-order valence-electron chi connectivity index (χ3n) is 5.78. The molecule has 1 amide bonds. The Labute approximate surface area is 221 Å². The van der Waals surface area contributed by atoms with Crippen molar-refractivity contribution < 1.29 is 14.3 Å². The summed E-state index contributed by atoms with van der Waals surface area (Å²) in [6.07, 6.45) is 1.63. The van der Waals surface area contributed by atoms with Crippen LogP contribution in [0.4, 0.5) is 0 Å². The minimum Gasteiger partial charge on any atom is -0.493 e. The van der Waals surface area contributed by atoms with Crippen molar-refractivity contribution in [2.24, 2.45) is 16.0 Å². The number of nitrogens with zero attached hydrogens (tertiary/aromatic N) is 3. The molecule has 0 spiro atoms. The SMILES string of the molecule is COc1cc(/C=C2/C(=N)N3N=C(C(C)C)SC3=NC2=O)cc(Br)c1OCc1cccc2ccccc12. The van der Waals surface area contributed by atoms with Crippen LogP contribution in [0.2, 0.25) is 0 Å². The van der Waals surface area contributed by atoms with Gasteiger partial charge in [-0.05, 0) is 67.8 Å². The summed E-state index contributed by atoms with van der Waals surface area (Å²) in [5.74, 6) is 0.775. The van der Waals surface area contributed by atoms with Gasteiger partial charge in [0.15, 0.2) is 17.3 Å². The molecule has 36 heavy (non-hydrogen) atoms. The first-order chi connectivity index (χ1) is 17.4. The minimum atomic E-state index is -0.467. The first-order valence-corrected chi connectivity index (χ1v) is 12.9. The summed E-state index contributed by atoms with van der Waals surface area (Å²) < 4.78 is 12.5. The number of hydrogen-bond acceptors (Lipinski definition) is 6. The van der Waals surface area contributed by atoms with E-state index >= 15 is 0 Å². The highest BCUT2D eigenvalue weighted by Gasteiger charge is 2.36. The predicted octanol–water partition coefficient (Wildman–Crippen LogP) is 6.47. The topological polar surface area (TPSA) is 87.3 Å². The second-order valence-electron chi connectivity index (χ2n) is 8.57. The van der Waals surface area contributed by atoms with Crippen molar-refractivity contribution in [2.45, 2.75) is 20.5 Å². The van der Waals surface area contributed by atoms with E-state index in [1.165, 1.54) is 16.8 Å². The second kappa shape index (κ2) is 9.91. The summed E-state index contributed by atoms with van der Waals surface area (Å²) in [6.45, 7) is 4.39. The molecule has 0 fully saturated rings. The van der Waals surface area contributed by atoms with Crippen LogP contribution >= 0.6 is 27.7 Å². The normalized spacial score (nSPS) is 16.5. The highest BCUT2D eigenvalue weighted by atomic mass is 79.9. The van der Waals surface area contributed by atoms with Crippen molar-refractivity contribution in [1.82, 2.24) is 5.01 Å². The average molecular weight is 563 g/mol. The van der Waals surface area contributed by atoms with E-state index in [-0.39, 0.29) is 17.3 Å². The third-order valence-corrected chi connectivity index (χ3v) is 7.58. The van der Waals surface area contributed by atoms with Gasteiger partial charge in [-0.15, -0.1) is 0 Å². The van der Waals surface area contributed by atoms with E-state index in [9.17, 15) is 4.79 Å². The van der Waals surface area contributed by atoms with E-state index in [0.29, 0.717) is 33.3 Å². The number of carbonyl (C=O) groups excluding carboxylic acids is 1. The summed E-state index contributed by atoms with van der Waals surface area (Å²) in [5.41, 5.74) is 1.89. The Bertz CT molecular complexity index is 1490. The number of ether oxygens (including phenoxy) is 2. The van der Waals surface area contributed by atoms with E-state index < -0.39 is 5.91 Å². The minimum absolute atomic E-state index is 0.000443. The highest BCUT2D eigenvalue weighted by molar-refractivity contribution is 9.10. The number of fused-ring (bicyclic) bond motifs is 2. The maximum atomic E-state index is 12.7. The summed E-state index contributed by atoms with van der Waals surface area (Å²) in [6, 6.07) is 17.9. The van der Waals surface area contributed by atoms with Crippen LogP contribution in [-0.2, 0) is 11.4 Å². The lowest BCUT2D eigenvalue weighted by molar-refractivity contribution is -0.114. The molecule has 1 N–H and O–H groups in total. The smallest absolute Gasteiger partial charge is 0.283 e. The van der Waals surface area contributed by atoms with Crippen molar-refractivity contribution in [3.8, 4) is 11.5 Å². The number of amidine groups is 2. The fourth-order valence-corrected chi connectivity index (χ4v) is 5.40. The summed E-state index contributed by atoms with van der Waals surface area (Å²) in [5, 5.41) is 18.0. The van der Waals surface area contributed by atoms with Gasteiger partial charge < -0.3 is 9.47 Å². The summed E-state index contributed by atoms with van der Waals surface area (Å²) in [7, 11) is 1.57. The molecule has 2 heterocycles. The molecule has 0 unspecified atom stereocenters. The fourth-order valence-electron chi connectivity index (χ4n) is 3.94. The number of hydrazone groups is 1. The summed E-state index contributed by atoms with van der Waals surface area (Å²) >= 11 is 4.92. The monoisotopic (exact) mass is 562 g/mol. The fraction of sp³-hybridized carbons (Fsp3) is 0.185. The molecular formula is C27H23BrN4O3S. The molecule has 7 nitrogen and oxygen atoms in total. The van der Waals surface area contributed by atoms with Gasteiger partial charge >= 0.3 is 0 Å². The van der Waals surface area contributed by atoms with Crippen LogP contribution in [-0.4, -0.2) is 34.1 Å². The molecule has 0 saturated carbocycles. The molecule has 5 rings (SSSR count). The maximum Gasteiger partial charge on any atom is 0.283 e. The molecular weight excluding hydrogens is 540 g/mol. The van der Waals surface area contributed by atoms with Gasteiger partial charge in [0, 0.05) is 5.92 Å². The second-order valence-corrected chi connectivity index (χ2v) is 10.4. The van der Waals surface area contributed by atoms with E-state index in [1.807, 2.05) is 44.2 Å². The molecule has 0 aliphatic carbocycles. The highest BCUT2D eigenvalue weighted by Crippen LogP contribution is 2.39. The number of rotatable bonds is 6. The number of carbonyl (C=O) groups is 1. The lowest BCUT2D eigenvalue weighted by Crippen LogP contribution is -2.35. The zero-order chi connectivity index (χ0) is 25.4. The molecule has 2 aliphatic rings. The van der Waals surface area contributed by atoms with Crippen LogP contribution < -0.4 is 9.47 Å². The van der Waals surface area contributed by atoms with Gasteiger partial charge in [-0.2, -0.15) is 15.1 Å². The number of halogens is 1. The van der Waals surface area contributed by atoms with E-state index in [1.54, 1.807) is 19.3 Å². The van der Waals surface area contributed by atoms with E-state index in [2.05, 4.69) is 44.2 Å². The van der Waals surface area contributed by atoms with Crippen LogP contribution in [0, 0.1) is 11.3 Å². The Kier molecular flexibility index (Phi) is 6.68. The number of amides is 1. The first kappa shape index (κ1) is 24.3. The van der Waals surface area contributed by atoms with E-state index in [0.717, 1.165) is 21.4 Å². The van der Waals surface area contributed by atoms with E-state index in [4.69, 9.17) is 14.9 Å². The summed E-state index contributed by atoms with van der Waals surface area (Å²) in [4.78, 5) is 16.9. The quantitative estimate of drug-likeness (QED) is 0.348. The molecule has 9 heteroatoms. The van der Waals surface area contributed by atoms with Crippen molar-refractivity contribution in [2.75, 3.05) is 7.11 Å². The Hall–Kier alpha value is -3.43. The molecule has 3 aromatic carbocycles. The zero-order valence-electron chi connectivity index (χ0n) is 19.9. The molecule has 0 aromatic heterocycles. The first-order valence-electron chi connectivity index (χ1n) is 11.3. The Morgan fingerprint density at radius 3 is 2.72 bits per heavy atom. The molecule has 3 aromatic rings. The van der Waals surface area contributed by atoms with Gasteiger partial charge in [0.2, 0.25) is 5.17 Å². The molecule has 0 saturated heterocycles. The number of hydrogen-bond donors (Lipinski definition) is 1. The van der Waals surface area contributed by atoms with Gasteiger partial charge in [0.05, 0.1) is 17.2 Å². The van der Waals surface area contributed by atoms with Gasteiger partial charge in [-0.25, -0.2) is 0 Å². The lowest BCUT2D eigenvalue weighted by Gasteiger charge is -2.20. The number of benzene rings is 3. The Morgan fingerprint density at radius 2 is 1.94 bits per heavy atom. The Morgan fingerprint density at radius 1 is 1.17 bits per heavy atom. The van der Waals surface area contributed by atoms with Gasteiger partial charge in [0.25, 0.3) is 5.91 Å². The van der Waals surface area contributed by atoms with Gasteiger partial charge in [0.1, 0.15) is 11.7 Å². The van der Waals surface area contributed by atoms with Crippen molar-refractivity contribution >= 4 is 66.5 Å². The molecule has 0 bridgehead atoms. The van der Waals surface area contributed by atoms with Crippen LogP contribution in [0.25, 0.3) is 16.8 Å². The maximum absolute atomic E-state index is 12.7. The van der Waals surface area contributed by atoms with Crippen LogP contribution in [0.3, 0.4) is 0 Å². The molecule has 0 atom stereocenters. The average Bonchev–Trinajstić information content (AvgIpc) is 3.30. The zero-order valence-corrected chi connectivity index (χ0v) is 22.3. The number of nitrogens with one attached hydrogen (secondary N) is 1.